The molecule has 0 bridgehead atoms. The highest BCUT2D eigenvalue weighted by Gasteiger charge is 2.26. The van der Waals surface area contributed by atoms with Gasteiger partial charge in [0.05, 0.1) is 13.7 Å². The molecule has 0 radical (unpaired) electrons. The molecule has 0 amide bonds. The number of hydrogen-bond acceptors (Lipinski definition) is 3. The molecule has 0 fully saturated rings. The number of benzene rings is 1. The van der Waals surface area contributed by atoms with E-state index in [2.05, 4.69) is 5.32 Å². The van der Waals surface area contributed by atoms with E-state index in [4.69, 9.17) is 9.47 Å². The highest BCUT2D eigenvalue weighted by Crippen LogP contribution is 2.31. The second-order valence-corrected chi connectivity index (χ2v) is 4.76. The zero-order valence-electron chi connectivity index (χ0n) is 12.6. The van der Waals surface area contributed by atoms with Crippen LogP contribution in [0.4, 0.5) is 13.2 Å². The van der Waals surface area contributed by atoms with Crippen molar-refractivity contribution in [1.82, 2.24) is 5.32 Å². The molecular weight excluding hydrogens is 283 g/mol. The van der Waals surface area contributed by atoms with Crippen molar-refractivity contribution in [2.24, 2.45) is 0 Å². The van der Waals surface area contributed by atoms with Gasteiger partial charge >= 0.3 is 6.18 Å². The number of rotatable bonds is 8. The van der Waals surface area contributed by atoms with Crippen molar-refractivity contribution in [3.05, 3.63) is 23.8 Å². The van der Waals surface area contributed by atoms with Crippen LogP contribution in [0.3, 0.4) is 0 Å². The van der Waals surface area contributed by atoms with Gasteiger partial charge in [-0.1, -0.05) is 13.0 Å². The van der Waals surface area contributed by atoms with E-state index in [0.29, 0.717) is 11.5 Å². The van der Waals surface area contributed by atoms with Crippen LogP contribution in [-0.4, -0.2) is 26.4 Å². The van der Waals surface area contributed by atoms with Gasteiger partial charge in [0.15, 0.2) is 11.5 Å². The van der Waals surface area contributed by atoms with Gasteiger partial charge in [0, 0.05) is 12.5 Å². The molecule has 1 atom stereocenters. The summed E-state index contributed by atoms with van der Waals surface area (Å²) in [5.41, 5.74) is 1.04. The summed E-state index contributed by atoms with van der Waals surface area (Å²) in [6, 6.07) is 5.62. The van der Waals surface area contributed by atoms with Crippen molar-refractivity contribution in [3.8, 4) is 11.5 Å². The molecule has 0 heterocycles. The molecule has 1 rings (SSSR count). The SMILES string of the molecule is CCNC(C)c1ccc(OCCCC(F)(F)F)c(OC)c1. The second kappa shape index (κ2) is 8.12. The molecule has 0 aliphatic heterocycles. The van der Waals surface area contributed by atoms with Gasteiger partial charge in [-0.25, -0.2) is 0 Å². The summed E-state index contributed by atoms with van der Waals surface area (Å²) in [6.45, 7) is 4.91. The second-order valence-electron chi connectivity index (χ2n) is 4.76. The number of halogens is 3. The Bertz CT molecular complexity index is 435. The molecule has 21 heavy (non-hydrogen) atoms. The minimum atomic E-state index is -4.14. The standard InChI is InChI=1S/C15H22F3NO2/c1-4-19-11(2)12-6-7-13(14(10-12)20-3)21-9-5-8-15(16,17)18/h6-7,10-11,19H,4-5,8-9H2,1-3H3. The minimum absolute atomic E-state index is 0.0119. The fourth-order valence-corrected chi connectivity index (χ4v) is 1.95. The van der Waals surface area contributed by atoms with Gasteiger partial charge in [-0.2, -0.15) is 13.2 Å². The van der Waals surface area contributed by atoms with Crippen molar-refractivity contribution < 1.29 is 22.6 Å². The lowest BCUT2D eigenvalue weighted by molar-refractivity contribution is -0.136. The predicted molar refractivity (Wildman–Crippen MR) is 75.9 cm³/mol. The highest BCUT2D eigenvalue weighted by molar-refractivity contribution is 5.43. The lowest BCUT2D eigenvalue weighted by Gasteiger charge is -2.16. The lowest BCUT2D eigenvalue weighted by atomic mass is 10.1. The summed E-state index contributed by atoms with van der Waals surface area (Å²) in [5, 5.41) is 3.28. The fraction of sp³-hybridized carbons (Fsp3) is 0.600. The maximum absolute atomic E-state index is 12.1. The number of nitrogens with one attached hydrogen (secondary N) is 1. The van der Waals surface area contributed by atoms with E-state index in [1.54, 1.807) is 6.07 Å². The third kappa shape index (κ3) is 6.25. The highest BCUT2D eigenvalue weighted by atomic mass is 19.4. The maximum atomic E-state index is 12.1. The van der Waals surface area contributed by atoms with Crippen LogP contribution in [-0.2, 0) is 0 Å². The van der Waals surface area contributed by atoms with Crippen LogP contribution in [0.2, 0.25) is 0 Å². The predicted octanol–water partition coefficient (Wildman–Crippen LogP) is 4.09. The van der Waals surface area contributed by atoms with Gasteiger partial charge in [0.25, 0.3) is 0 Å². The summed E-state index contributed by atoms with van der Waals surface area (Å²) in [4.78, 5) is 0. The Morgan fingerprint density at radius 3 is 2.52 bits per heavy atom. The molecule has 0 aliphatic rings. The largest absolute Gasteiger partial charge is 0.493 e. The van der Waals surface area contributed by atoms with Crippen molar-refractivity contribution in [3.63, 3.8) is 0 Å². The number of alkyl halides is 3. The average molecular weight is 305 g/mol. The normalized spacial score (nSPS) is 13.0. The zero-order chi connectivity index (χ0) is 15.9. The van der Waals surface area contributed by atoms with Crippen molar-refractivity contribution >= 4 is 0 Å². The number of ether oxygens (including phenoxy) is 2. The quantitative estimate of drug-likeness (QED) is 0.734. The van der Waals surface area contributed by atoms with Crippen LogP contribution in [0, 0.1) is 0 Å². The zero-order valence-corrected chi connectivity index (χ0v) is 12.6. The van der Waals surface area contributed by atoms with Crippen molar-refractivity contribution in [2.75, 3.05) is 20.3 Å². The average Bonchev–Trinajstić information content (AvgIpc) is 2.42. The summed E-state index contributed by atoms with van der Waals surface area (Å²) >= 11 is 0. The van der Waals surface area contributed by atoms with Gasteiger partial charge in [0.2, 0.25) is 0 Å². The van der Waals surface area contributed by atoms with Crippen LogP contribution in [0.5, 0.6) is 11.5 Å². The Morgan fingerprint density at radius 1 is 1.24 bits per heavy atom. The molecule has 0 aliphatic carbocycles. The van der Waals surface area contributed by atoms with Gasteiger partial charge < -0.3 is 14.8 Å². The Balaban J connectivity index is 2.62. The lowest BCUT2D eigenvalue weighted by Crippen LogP contribution is -2.17. The smallest absolute Gasteiger partial charge is 0.389 e. The molecule has 1 N–H and O–H groups in total. The van der Waals surface area contributed by atoms with Crippen LogP contribution >= 0.6 is 0 Å². The maximum Gasteiger partial charge on any atom is 0.389 e. The first-order valence-electron chi connectivity index (χ1n) is 6.98. The van der Waals surface area contributed by atoms with Crippen LogP contribution < -0.4 is 14.8 Å². The molecular formula is C15H22F3NO2. The molecule has 0 spiro atoms. The first kappa shape index (κ1) is 17.6. The first-order chi connectivity index (χ1) is 9.87. The molecule has 0 aromatic heterocycles. The van der Waals surface area contributed by atoms with E-state index >= 15 is 0 Å². The van der Waals surface area contributed by atoms with E-state index in [1.807, 2.05) is 26.0 Å². The van der Waals surface area contributed by atoms with Crippen LogP contribution in [0.1, 0.15) is 38.3 Å². The minimum Gasteiger partial charge on any atom is -0.493 e. The monoisotopic (exact) mass is 305 g/mol. The van der Waals surface area contributed by atoms with Gasteiger partial charge in [-0.15, -0.1) is 0 Å². The summed E-state index contributed by atoms with van der Waals surface area (Å²) in [6.07, 6.45) is -5.05. The third-order valence-electron chi connectivity index (χ3n) is 3.06. The van der Waals surface area contributed by atoms with E-state index in [-0.39, 0.29) is 19.1 Å². The molecule has 6 heteroatoms. The molecule has 3 nitrogen and oxygen atoms in total. The van der Waals surface area contributed by atoms with Crippen LogP contribution in [0.15, 0.2) is 18.2 Å². The van der Waals surface area contributed by atoms with E-state index in [0.717, 1.165) is 12.1 Å². The van der Waals surface area contributed by atoms with E-state index in [9.17, 15) is 13.2 Å². The van der Waals surface area contributed by atoms with Gasteiger partial charge in [-0.3, -0.25) is 0 Å². The number of methoxy groups -OCH3 is 1. The van der Waals surface area contributed by atoms with Crippen molar-refractivity contribution in [2.45, 2.75) is 38.9 Å². The molecule has 0 saturated heterocycles. The third-order valence-corrected chi connectivity index (χ3v) is 3.06. The molecule has 1 aromatic carbocycles. The van der Waals surface area contributed by atoms with Gasteiger partial charge in [-0.05, 0) is 37.6 Å². The van der Waals surface area contributed by atoms with E-state index in [1.165, 1.54) is 7.11 Å². The molecule has 0 saturated carbocycles. The number of hydrogen-bond donors (Lipinski definition) is 1. The first-order valence-corrected chi connectivity index (χ1v) is 6.98. The molecule has 1 aromatic rings. The Labute approximate surface area is 123 Å². The molecule has 1 unspecified atom stereocenters. The Hall–Kier alpha value is -1.43. The van der Waals surface area contributed by atoms with Crippen molar-refractivity contribution in [1.29, 1.82) is 0 Å². The van der Waals surface area contributed by atoms with Crippen LogP contribution in [0.25, 0.3) is 0 Å². The summed E-state index contributed by atoms with van der Waals surface area (Å²) in [5.74, 6) is 0.997. The summed E-state index contributed by atoms with van der Waals surface area (Å²) < 4.78 is 46.8. The van der Waals surface area contributed by atoms with Gasteiger partial charge in [0.1, 0.15) is 0 Å². The summed E-state index contributed by atoms with van der Waals surface area (Å²) in [7, 11) is 1.51. The van der Waals surface area contributed by atoms with E-state index < -0.39 is 12.6 Å². The Morgan fingerprint density at radius 2 is 1.95 bits per heavy atom. The topological polar surface area (TPSA) is 30.5 Å². The Kier molecular flexibility index (Phi) is 6.81. The fourth-order valence-electron chi connectivity index (χ4n) is 1.95. The molecule has 120 valence electrons.